The van der Waals surface area contributed by atoms with E-state index >= 15 is 0 Å². The third-order valence-corrected chi connectivity index (χ3v) is 1.37. The van der Waals surface area contributed by atoms with E-state index in [1.165, 1.54) is 6.33 Å². The largest absolute Gasteiger partial charge is 0.504 e. The van der Waals surface area contributed by atoms with Crippen molar-refractivity contribution in [3.05, 3.63) is 17.7 Å². The molecule has 0 radical (unpaired) electrons. The molecule has 0 bridgehead atoms. The summed E-state index contributed by atoms with van der Waals surface area (Å²) in [5.41, 5.74) is 0.183. The molecule has 58 valence electrons. The number of aromatic nitrogens is 2. The van der Waals surface area contributed by atoms with Crippen LogP contribution in [0.15, 0.2) is 6.33 Å². The summed E-state index contributed by atoms with van der Waals surface area (Å²) >= 11 is 5.09. The van der Waals surface area contributed by atoms with Gasteiger partial charge >= 0.3 is 0 Å². The van der Waals surface area contributed by atoms with Gasteiger partial charge in [-0.15, -0.1) is 0 Å². The molecule has 0 unspecified atom stereocenters. The maximum atomic E-state index is 10.5. The minimum Gasteiger partial charge on any atom is -0.504 e. The number of hydrogen-bond donors (Lipinski definition) is 1. The fraction of sp³-hybridized carbons (Fsp3) is 0.167. The van der Waals surface area contributed by atoms with Gasteiger partial charge in [-0.1, -0.05) is 0 Å². The molecule has 0 aliphatic carbocycles. The fourth-order valence-corrected chi connectivity index (χ4v) is 0.749. The van der Waals surface area contributed by atoms with Gasteiger partial charge in [-0.25, -0.2) is 9.97 Å². The Balaban J connectivity index is 3.27. The van der Waals surface area contributed by atoms with E-state index in [2.05, 4.69) is 9.97 Å². The van der Waals surface area contributed by atoms with Crippen LogP contribution in [-0.4, -0.2) is 20.3 Å². The molecule has 0 spiro atoms. The van der Waals surface area contributed by atoms with Crippen LogP contribution in [0.3, 0.4) is 0 Å². The van der Waals surface area contributed by atoms with Gasteiger partial charge in [0.2, 0.25) is 0 Å². The molecule has 0 saturated heterocycles. The van der Waals surface area contributed by atoms with Crippen molar-refractivity contribution in [2.75, 3.05) is 0 Å². The highest BCUT2D eigenvalue weighted by molar-refractivity contribution is 6.67. The van der Waals surface area contributed by atoms with Crippen LogP contribution < -0.4 is 0 Å². The number of hydrogen-bond acceptors (Lipinski definition) is 4. The molecule has 0 saturated carbocycles. The van der Waals surface area contributed by atoms with Crippen LogP contribution >= 0.6 is 11.6 Å². The Morgan fingerprint density at radius 1 is 1.64 bits per heavy atom. The zero-order chi connectivity index (χ0) is 8.43. The van der Waals surface area contributed by atoms with Gasteiger partial charge in [-0.2, -0.15) is 0 Å². The molecule has 4 nitrogen and oxygen atoms in total. The molecule has 11 heavy (non-hydrogen) atoms. The first kappa shape index (κ1) is 7.94. The molecule has 0 atom stereocenters. The molecule has 0 amide bonds. The minimum atomic E-state index is -0.784. The summed E-state index contributed by atoms with van der Waals surface area (Å²) in [5, 5.41) is 8.35. The molecule has 0 fully saturated rings. The first-order valence-electron chi connectivity index (χ1n) is 2.83. The smallest absolute Gasteiger partial charge is 0.274 e. The van der Waals surface area contributed by atoms with Crippen molar-refractivity contribution in [3.63, 3.8) is 0 Å². The van der Waals surface area contributed by atoms with Gasteiger partial charge in [0.15, 0.2) is 11.4 Å². The summed E-state index contributed by atoms with van der Waals surface area (Å²) in [4.78, 5) is 17.7. The van der Waals surface area contributed by atoms with E-state index in [0.29, 0.717) is 5.69 Å². The predicted octanol–water partition coefficient (Wildman–Crippen LogP) is 0.870. The number of rotatable bonds is 1. The molecule has 1 N–H and O–H groups in total. The van der Waals surface area contributed by atoms with Gasteiger partial charge in [0.1, 0.15) is 6.33 Å². The van der Waals surface area contributed by atoms with E-state index < -0.39 is 5.24 Å². The summed E-state index contributed by atoms with van der Waals surface area (Å²) in [5.74, 6) is -0.257. The molecular weight excluding hydrogens is 168 g/mol. The van der Waals surface area contributed by atoms with Crippen molar-refractivity contribution < 1.29 is 9.90 Å². The maximum absolute atomic E-state index is 10.5. The topological polar surface area (TPSA) is 63.1 Å². The first-order chi connectivity index (χ1) is 5.13. The summed E-state index contributed by atoms with van der Waals surface area (Å²) in [6.45, 7) is 1.56. The standard InChI is InChI=1S/C6H5ClN2O2/c1-3-5(10)4(6(7)11)9-2-8-3/h2,10H,1H3. The second-order valence-corrected chi connectivity index (χ2v) is 2.27. The van der Waals surface area contributed by atoms with Gasteiger partial charge in [0, 0.05) is 0 Å². The number of carbonyl (C=O) groups is 1. The van der Waals surface area contributed by atoms with Crippen LogP contribution in [0.4, 0.5) is 0 Å². The zero-order valence-corrected chi connectivity index (χ0v) is 6.46. The number of carbonyl (C=O) groups excluding carboxylic acids is 1. The zero-order valence-electron chi connectivity index (χ0n) is 5.71. The third-order valence-electron chi connectivity index (χ3n) is 1.19. The van der Waals surface area contributed by atoms with E-state index in [-0.39, 0.29) is 11.4 Å². The monoisotopic (exact) mass is 172 g/mol. The summed E-state index contributed by atoms with van der Waals surface area (Å²) in [6.07, 6.45) is 1.17. The lowest BCUT2D eigenvalue weighted by Crippen LogP contribution is -1.97. The van der Waals surface area contributed by atoms with Crippen LogP contribution in [0, 0.1) is 6.92 Å². The van der Waals surface area contributed by atoms with E-state index in [4.69, 9.17) is 16.7 Å². The molecule has 0 aliphatic rings. The molecule has 0 aromatic carbocycles. The highest BCUT2D eigenvalue weighted by Crippen LogP contribution is 2.17. The van der Waals surface area contributed by atoms with E-state index in [1.807, 2.05) is 0 Å². The Kier molecular flexibility index (Phi) is 2.05. The Hall–Kier alpha value is -1.16. The lowest BCUT2D eigenvalue weighted by Gasteiger charge is -1.98. The Morgan fingerprint density at radius 2 is 2.27 bits per heavy atom. The van der Waals surface area contributed by atoms with Gasteiger partial charge in [-0.3, -0.25) is 4.79 Å². The molecule has 5 heteroatoms. The van der Waals surface area contributed by atoms with Gasteiger partial charge < -0.3 is 5.11 Å². The SMILES string of the molecule is Cc1ncnc(C(=O)Cl)c1O. The predicted molar refractivity (Wildman–Crippen MR) is 38.6 cm³/mol. The second-order valence-electron chi connectivity index (χ2n) is 1.93. The maximum Gasteiger partial charge on any atom is 0.274 e. The van der Waals surface area contributed by atoms with Crippen molar-refractivity contribution in [3.8, 4) is 5.75 Å². The fourth-order valence-electron chi connectivity index (χ4n) is 0.611. The van der Waals surface area contributed by atoms with Gasteiger partial charge in [0.25, 0.3) is 5.24 Å². The third kappa shape index (κ3) is 1.46. The van der Waals surface area contributed by atoms with Crippen LogP contribution in [-0.2, 0) is 0 Å². The van der Waals surface area contributed by atoms with Crippen LogP contribution in [0.2, 0.25) is 0 Å². The summed E-state index contributed by atoms with van der Waals surface area (Å²) in [6, 6.07) is 0. The number of aromatic hydroxyl groups is 1. The quantitative estimate of drug-likeness (QED) is 0.639. The lowest BCUT2D eigenvalue weighted by molar-refractivity contribution is 0.107. The van der Waals surface area contributed by atoms with Gasteiger partial charge in [-0.05, 0) is 18.5 Å². The van der Waals surface area contributed by atoms with Crippen molar-refractivity contribution in [1.82, 2.24) is 9.97 Å². The number of halogens is 1. The van der Waals surface area contributed by atoms with E-state index in [9.17, 15) is 4.79 Å². The molecule has 1 rings (SSSR count). The number of aryl methyl sites for hydroxylation is 1. The van der Waals surface area contributed by atoms with Crippen LogP contribution in [0.25, 0.3) is 0 Å². The van der Waals surface area contributed by atoms with Gasteiger partial charge in [0.05, 0.1) is 5.69 Å². The van der Waals surface area contributed by atoms with Crippen molar-refractivity contribution in [2.24, 2.45) is 0 Å². The normalized spacial score (nSPS) is 9.64. The molecule has 1 aromatic rings. The first-order valence-corrected chi connectivity index (χ1v) is 3.21. The second kappa shape index (κ2) is 2.84. The average Bonchev–Trinajstić information content (AvgIpc) is 1.94. The number of nitrogens with zero attached hydrogens (tertiary/aromatic N) is 2. The van der Waals surface area contributed by atoms with Crippen molar-refractivity contribution in [1.29, 1.82) is 0 Å². The summed E-state index contributed by atoms with van der Waals surface area (Å²) < 4.78 is 0. The molecule has 0 aliphatic heterocycles. The molecule has 1 aromatic heterocycles. The minimum absolute atomic E-state index is 0.154. The molecular formula is C6H5ClN2O2. The van der Waals surface area contributed by atoms with Crippen LogP contribution in [0.5, 0.6) is 5.75 Å². The highest BCUT2D eigenvalue weighted by Gasteiger charge is 2.11. The Bertz CT molecular complexity index is 301. The average molecular weight is 173 g/mol. The van der Waals surface area contributed by atoms with E-state index in [1.54, 1.807) is 6.92 Å². The Morgan fingerprint density at radius 3 is 2.73 bits per heavy atom. The summed E-state index contributed by atoms with van der Waals surface area (Å²) in [7, 11) is 0. The molecule has 1 heterocycles. The van der Waals surface area contributed by atoms with Crippen molar-refractivity contribution in [2.45, 2.75) is 6.92 Å². The highest BCUT2D eigenvalue weighted by atomic mass is 35.5. The van der Waals surface area contributed by atoms with Crippen LogP contribution in [0.1, 0.15) is 16.2 Å². The van der Waals surface area contributed by atoms with E-state index in [0.717, 1.165) is 0 Å². The lowest BCUT2D eigenvalue weighted by atomic mass is 10.3. The van der Waals surface area contributed by atoms with Crippen molar-refractivity contribution >= 4 is 16.8 Å². The Labute approximate surface area is 67.9 Å².